The molecule has 2 aliphatic heterocycles. The molecule has 2 heterocycles. The topological polar surface area (TPSA) is 132 Å². The molecule has 39 heavy (non-hydrogen) atoms. The molecule has 5 unspecified atom stereocenters. The summed E-state index contributed by atoms with van der Waals surface area (Å²) in [6, 6.07) is 6.25. The van der Waals surface area contributed by atoms with Gasteiger partial charge in [0.2, 0.25) is 11.8 Å². The highest BCUT2D eigenvalue weighted by Gasteiger charge is 2.53. The van der Waals surface area contributed by atoms with Crippen molar-refractivity contribution in [3.8, 4) is 0 Å². The molecule has 1 aromatic carbocycles. The summed E-state index contributed by atoms with van der Waals surface area (Å²) in [6.45, 7) is 11.4. The maximum absolute atomic E-state index is 13.8. The second kappa shape index (κ2) is 12.2. The molecule has 2 saturated heterocycles. The molecule has 2 aliphatic rings. The van der Waals surface area contributed by atoms with Gasteiger partial charge >= 0.3 is 12.1 Å². The van der Waals surface area contributed by atoms with Crippen LogP contribution in [0.25, 0.3) is 0 Å². The van der Waals surface area contributed by atoms with Gasteiger partial charge in [-0.2, -0.15) is 0 Å². The van der Waals surface area contributed by atoms with Crippen LogP contribution in [0.3, 0.4) is 0 Å². The zero-order valence-electron chi connectivity index (χ0n) is 24.0. The first kappa shape index (κ1) is 30.2. The number of urea groups is 1. The second-order valence-corrected chi connectivity index (χ2v) is 11.8. The van der Waals surface area contributed by atoms with Gasteiger partial charge in [0.05, 0.1) is 24.7 Å². The normalized spacial score (nSPS) is 22.2. The van der Waals surface area contributed by atoms with Crippen molar-refractivity contribution in [2.75, 3.05) is 20.1 Å². The van der Waals surface area contributed by atoms with Crippen molar-refractivity contribution in [3.63, 3.8) is 0 Å². The number of likely N-dealkylation sites (N-methyl/N-ethyl adjacent to an activating group) is 1. The average Bonchev–Trinajstić information content (AvgIpc) is 3.45. The predicted octanol–water partition coefficient (Wildman–Crippen LogP) is 1.94. The molecule has 5 amide bonds. The highest BCUT2D eigenvalue weighted by atomic mass is 16.6. The third-order valence-corrected chi connectivity index (χ3v) is 7.41. The van der Waals surface area contributed by atoms with Gasteiger partial charge in [-0.1, -0.05) is 51.1 Å². The summed E-state index contributed by atoms with van der Waals surface area (Å²) >= 11 is 0. The van der Waals surface area contributed by atoms with E-state index in [4.69, 9.17) is 4.74 Å². The first-order chi connectivity index (χ1) is 18.2. The molecule has 11 heteroatoms. The summed E-state index contributed by atoms with van der Waals surface area (Å²) in [4.78, 5) is 56.7. The monoisotopic (exact) mass is 545 g/mol. The van der Waals surface area contributed by atoms with Crippen LogP contribution in [-0.2, 0) is 20.9 Å². The quantitative estimate of drug-likeness (QED) is 0.480. The Balaban J connectivity index is 1.67. The second-order valence-electron chi connectivity index (χ2n) is 11.8. The van der Waals surface area contributed by atoms with Crippen molar-refractivity contribution in [2.24, 2.45) is 5.41 Å². The van der Waals surface area contributed by atoms with Crippen LogP contribution in [0.2, 0.25) is 0 Å². The highest BCUT2D eigenvalue weighted by molar-refractivity contribution is 5.92. The lowest BCUT2D eigenvalue weighted by Gasteiger charge is -2.37. The average molecular weight is 546 g/mol. The molecule has 5 atom stereocenters. The van der Waals surface area contributed by atoms with E-state index in [0.717, 1.165) is 5.56 Å². The number of ether oxygens (including phenoxy) is 1. The molecule has 2 fully saturated rings. The summed E-state index contributed by atoms with van der Waals surface area (Å²) in [5.74, 6) is -0.821. The maximum atomic E-state index is 13.8. The number of benzene rings is 1. The van der Waals surface area contributed by atoms with Crippen molar-refractivity contribution in [3.05, 3.63) is 35.9 Å². The molecule has 0 aliphatic carbocycles. The van der Waals surface area contributed by atoms with Gasteiger partial charge in [0, 0.05) is 19.6 Å². The van der Waals surface area contributed by atoms with Gasteiger partial charge in [0.15, 0.2) is 0 Å². The van der Waals surface area contributed by atoms with E-state index in [9.17, 15) is 24.3 Å². The minimum absolute atomic E-state index is 0.0518. The molecule has 3 rings (SSSR count). The number of amides is 5. The van der Waals surface area contributed by atoms with Crippen LogP contribution in [0.1, 0.15) is 53.5 Å². The number of nitrogens with one attached hydrogen (secondary N) is 2. The van der Waals surface area contributed by atoms with Crippen molar-refractivity contribution in [2.45, 2.75) is 90.9 Å². The number of carbonyl (C=O) groups is 4. The standard InChI is InChI=1S/C28H43N5O6/c1-17(2)29-26(37)33-15-21(34)22-20(33)13-14-32(22)25(36)23(28(4,5)6)30-24(35)18(3)31(7)27(38)39-16-19-11-9-8-10-12-19/h8-12,17-18,20-23,34H,13-16H2,1-7H3,(H,29,37)(H,30,35). The largest absolute Gasteiger partial charge is 0.445 e. The number of carbonyl (C=O) groups excluding carboxylic acids is 4. The molecule has 0 radical (unpaired) electrons. The Bertz CT molecular complexity index is 1040. The van der Waals surface area contributed by atoms with Crippen LogP contribution in [0.4, 0.5) is 9.59 Å². The number of rotatable bonds is 7. The van der Waals surface area contributed by atoms with Crippen molar-refractivity contribution in [1.82, 2.24) is 25.3 Å². The fraction of sp³-hybridized carbons (Fsp3) is 0.643. The number of nitrogens with zero attached hydrogens (tertiary/aromatic N) is 3. The molecule has 0 bridgehead atoms. The van der Waals surface area contributed by atoms with Crippen LogP contribution >= 0.6 is 0 Å². The van der Waals surface area contributed by atoms with Gasteiger partial charge in [-0.05, 0) is 38.2 Å². The number of likely N-dealkylation sites (tertiary alicyclic amines) is 2. The van der Waals surface area contributed by atoms with Crippen molar-refractivity contribution < 1.29 is 29.0 Å². The summed E-state index contributed by atoms with van der Waals surface area (Å²) in [5.41, 5.74) is 0.169. The van der Waals surface area contributed by atoms with Gasteiger partial charge in [0.1, 0.15) is 18.7 Å². The van der Waals surface area contributed by atoms with Crippen LogP contribution in [0.15, 0.2) is 30.3 Å². The van der Waals surface area contributed by atoms with E-state index in [1.54, 1.807) is 16.7 Å². The zero-order valence-corrected chi connectivity index (χ0v) is 24.0. The predicted molar refractivity (Wildman–Crippen MR) is 146 cm³/mol. The lowest BCUT2D eigenvalue weighted by atomic mass is 9.85. The number of fused-ring (bicyclic) bond motifs is 1. The SMILES string of the molecule is CC(C)NC(=O)N1CC(O)C2C1CCN2C(=O)C(NC(=O)C(C)N(C)C(=O)OCc1ccccc1)C(C)(C)C. The van der Waals surface area contributed by atoms with Gasteiger partial charge < -0.3 is 30.3 Å². The molecule has 1 aromatic rings. The van der Waals surface area contributed by atoms with E-state index < -0.39 is 41.6 Å². The van der Waals surface area contributed by atoms with Crippen LogP contribution in [0, 0.1) is 5.41 Å². The van der Waals surface area contributed by atoms with Crippen LogP contribution in [0.5, 0.6) is 0 Å². The number of aliphatic hydroxyl groups excluding tert-OH is 1. The molecule has 0 saturated carbocycles. The van der Waals surface area contributed by atoms with E-state index in [0.29, 0.717) is 13.0 Å². The molecular weight excluding hydrogens is 502 g/mol. The molecular formula is C28H43N5O6. The first-order valence-electron chi connectivity index (χ1n) is 13.5. The van der Waals surface area contributed by atoms with Crippen molar-refractivity contribution in [1.29, 1.82) is 0 Å². The van der Waals surface area contributed by atoms with Crippen molar-refractivity contribution >= 4 is 23.9 Å². The molecule has 0 aromatic heterocycles. The number of β-amino-alcohol motifs (C(OH)–C–C–N with tert-alkyl or cyclic N) is 1. The van der Waals surface area contributed by atoms with E-state index in [-0.39, 0.29) is 37.2 Å². The fourth-order valence-corrected chi connectivity index (χ4v) is 5.10. The molecule has 216 valence electrons. The number of hydrogen-bond donors (Lipinski definition) is 3. The Labute approximate surface area is 230 Å². The Morgan fingerprint density at radius 1 is 1.08 bits per heavy atom. The van der Waals surface area contributed by atoms with Gasteiger partial charge in [-0.25, -0.2) is 9.59 Å². The minimum atomic E-state index is -0.911. The van der Waals surface area contributed by atoms with Crippen LogP contribution in [-0.4, -0.2) is 100 Å². The Morgan fingerprint density at radius 3 is 2.31 bits per heavy atom. The summed E-state index contributed by atoms with van der Waals surface area (Å²) < 4.78 is 5.34. The number of aliphatic hydroxyl groups is 1. The van der Waals surface area contributed by atoms with Gasteiger partial charge in [0.25, 0.3) is 0 Å². The Morgan fingerprint density at radius 2 is 1.72 bits per heavy atom. The highest BCUT2D eigenvalue weighted by Crippen LogP contribution is 2.34. The lowest BCUT2D eigenvalue weighted by molar-refractivity contribution is -0.142. The lowest BCUT2D eigenvalue weighted by Crippen LogP contribution is -2.60. The minimum Gasteiger partial charge on any atom is -0.445 e. The van der Waals surface area contributed by atoms with Gasteiger partial charge in [-0.15, -0.1) is 0 Å². The van der Waals surface area contributed by atoms with Crippen LogP contribution < -0.4 is 10.6 Å². The van der Waals surface area contributed by atoms with E-state index in [1.807, 2.05) is 65.0 Å². The van der Waals surface area contributed by atoms with E-state index >= 15 is 0 Å². The smallest absolute Gasteiger partial charge is 0.410 e. The summed E-state index contributed by atoms with van der Waals surface area (Å²) in [7, 11) is 1.47. The Kier molecular flexibility index (Phi) is 9.47. The third kappa shape index (κ3) is 7.00. The van der Waals surface area contributed by atoms with E-state index in [1.165, 1.54) is 11.9 Å². The summed E-state index contributed by atoms with van der Waals surface area (Å²) in [5, 5.41) is 16.5. The molecule has 0 spiro atoms. The summed E-state index contributed by atoms with van der Waals surface area (Å²) in [6.07, 6.45) is -1.01. The maximum Gasteiger partial charge on any atom is 0.410 e. The molecule has 3 N–H and O–H groups in total. The zero-order chi connectivity index (χ0) is 29.1. The van der Waals surface area contributed by atoms with E-state index in [2.05, 4.69) is 10.6 Å². The Hall–Kier alpha value is -3.34. The molecule has 11 nitrogen and oxygen atoms in total. The fourth-order valence-electron chi connectivity index (χ4n) is 5.10. The van der Waals surface area contributed by atoms with Gasteiger partial charge in [-0.3, -0.25) is 14.5 Å². The number of hydrogen-bond acceptors (Lipinski definition) is 6. The third-order valence-electron chi connectivity index (χ3n) is 7.41. The first-order valence-corrected chi connectivity index (χ1v) is 13.5.